The Kier molecular flexibility index (Phi) is 3.44. The molecular weight excluding hydrogens is 310 g/mol. The molecule has 0 spiro atoms. The van der Waals surface area contributed by atoms with E-state index in [0.717, 1.165) is 0 Å². The number of nitrogen functional groups attached to an aromatic ring is 1. The van der Waals surface area contributed by atoms with Gasteiger partial charge in [0.15, 0.2) is 0 Å². The second kappa shape index (κ2) is 4.85. The summed E-state index contributed by atoms with van der Waals surface area (Å²) in [6.07, 6.45) is 0. The lowest BCUT2D eigenvalue weighted by molar-refractivity contribution is 0.628. The van der Waals surface area contributed by atoms with Crippen LogP contribution < -0.4 is 11.1 Å². The van der Waals surface area contributed by atoms with E-state index in [0.29, 0.717) is 21.1 Å². The van der Waals surface area contributed by atoms with E-state index >= 15 is 0 Å². The number of aromatic nitrogens is 2. The van der Waals surface area contributed by atoms with Gasteiger partial charge in [0.25, 0.3) is 0 Å². The highest BCUT2D eigenvalue weighted by molar-refractivity contribution is 9.10. The zero-order chi connectivity index (χ0) is 12.4. The molecule has 1 aromatic heterocycles. The van der Waals surface area contributed by atoms with Crippen molar-refractivity contribution in [3.63, 3.8) is 0 Å². The van der Waals surface area contributed by atoms with Crippen molar-refractivity contribution in [3.05, 3.63) is 39.7 Å². The van der Waals surface area contributed by atoms with E-state index in [9.17, 15) is 4.39 Å². The molecule has 0 aliphatic carbocycles. The van der Waals surface area contributed by atoms with E-state index < -0.39 is 5.82 Å². The third-order valence-electron chi connectivity index (χ3n) is 1.89. The quantitative estimate of drug-likeness (QED) is 0.834. The van der Waals surface area contributed by atoms with Gasteiger partial charge in [0.1, 0.15) is 16.2 Å². The van der Waals surface area contributed by atoms with Crippen LogP contribution in [0.15, 0.2) is 28.9 Å². The Balaban J connectivity index is 2.34. The standard InChI is InChI=1S/C10H7BrClFN4/c11-8-4-9(14)17-10(16-8)15-7-3-5(13)1-2-6(7)12/h1-4H,(H3,14,15,16,17). The van der Waals surface area contributed by atoms with Crippen molar-refractivity contribution >= 4 is 45.0 Å². The fourth-order valence-corrected chi connectivity index (χ4v) is 1.77. The Hall–Kier alpha value is -1.40. The number of nitrogens with zero attached hydrogens (tertiary/aromatic N) is 2. The highest BCUT2D eigenvalue weighted by atomic mass is 79.9. The van der Waals surface area contributed by atoms with Crippen molar-refractivity contribution in [3.8, 4) is 0 Å². The second-order valence-electron chi connectivity index (χ2n) is 3.19. The minimum Gasteiger partial charge on any atom is -0.383 e. The summed E-state index contributed by atoms with van der Waals surface area (Å²) in [5, 5.41) is 3.16. The molecule has 1 aromatic carbocycles. The molecule has 4 nitrogen and oxygen atoms in total. The number of anilines is 3. The smallest absolute Gasteiger partial charge is 0.230 e. The largest absolute Gasteiger partial charge is 0.383 e. The SMILES string of the molecule is Nc1cc(Br)nc(Nc2cc(F)ccc2Cl)n1. The maximum atomic E-state index is 13.0. The molecule has 0 unspecified atom stereocenters. The molecule has 88 valence electrons. The van der Waals surface area contributed by atoms with Crippen LogP contribution in [0.4, 0.5) is 21.8 Å². The average molecular weight is 318 g/mol. The lowest BCUT2D eigenvalue weighted by Crippen LogP contribution is -2.01. The van der Waals surface area contributed by atoms with Crippen LogP contribution in [-0.4, -0.2) is 9.97 Å². The maximum absolute atomic E-state index is 13.0. The van der Waals surface area contributed by atoms with Crippen LogP contribution in [0.25, 0.3) is 0 Å². The number of hydrogen-bond donors (Lipinski definition) is 2. The van der Waals surface area contributed by atoms with Gasteiger partial charge in [-0.25, -0.2) is 9.37 Å². The van der Waals surface area contributed by atoms with Gasteiger partial charge >= 0.3 is 0 Å². The van der Waals surface area contributed by atoms with Crippen LogP contribution in [0, 0.1) is 5.82 Å². The van der Waals surface area contributed by atoms with Gasteiger partial charge in [-0.15, -0.1) is 0 Å². The van der Waals surface area contributed by atoms with E-state index in [1.54, 1.807) is 6.07 Å². The van der Waals surface area contributed by atoms with Crippen molar-refractivity contribution in [1.29, 1.82) is 0 Å². The lowest BCUT2D eigenvalue weighted by Gasteiger charge is -2.07. The highest BCUT2D eigenvalue weighted by Crippen LogP contribution is 2.25. The molecule has 0 bridgehead atoms. The zero-order valence-corrected chi connectivity index (χ0v) is 10.8. The molecule has 7 heteroatoms. The number of benzene rings is 1. The summed E-state index contributed by atoms with van der Waals surface area (Å²) in [6.45, 7) is 0. The topological polar surface area (TPSA) is 63.8 Å². The van der Waals surface area contributed by atoms with Gasteiger partial charge in [0.05, 0.1) is 10.7 Å². The van der Waals surface area contributed by atoms with Crippen molar-refractivity contribution in [1.82, 2.24) is 9.97 Å². The molecule has 0 saturated carbocycles. The predicted octanol–water partition coefficient (Wildman–Crippen LogP) is 3.36. The van der Waals surface area contributed by atoms with E-state index in [-0.39, 0.29) is 5.95 Å². The number of nitrogens with one attached hydrogen (secondary N) is 1. The summed E-state index contributed by atoms with van der Waals surface area (Å²) in [7, 11) is 0. The Morgan fingerprint density at radius 1 is 1.29 bits per heavy atom. The second-order valence-corrected chi connectivity index (χ2v) is 4.41. The average Bonchev–Trinajstić information content (AvgIpc) is 2.22. The molecule has 17 heavy (non-hydrogen) atoms. The van der Waals surface area contributed by atoms with Gasteiger partial charge in [-0.2, -0.15) is 4.98 Å². The highest BCUT2D eigenvalue weighted by Gasteiger charge is 2.05. The monoisotopic (exact) mass is 316 g/mol. The minimum absolute atomic E-state index is 0.240. The molecular formula is C10H7BrClFN4. The van der Waals surface area contributed by atoms with Crippen LogP contribution in [-0.2, 0) is 0 Å². The van der Waals surface area contributed by atoms with Crippen LogP contribution in [0.3, 0.4) is 0 Å². The summed E-state index contributed by atoms with van der Waals surface area (Å²) in [5.41, 5.74) is 5.93. The summed E-state index contributed by atoms with van der Waals surface area (Å²) in [5.74, 6) is 0.131. The van der Waals surface area contributed by atoms with Crippen LogP contribution in [0.5, 0.6) is 0 Å². The van der Waals surface area contributed by atoms with E-state index in [1.165, 1.54) is 18.2 Å². The number of rotatable bonds is 2. The molecule has 0 saturated heterocycles. The molecule has 0 fully saturated rings. The predicted molar refractivity (Wildman–Crippen MR) is 68.8 cm³/mol. The van der Waals surface area contributed by atoms with Crippen molar-refractivity contribution in [2.24, 2.45) is 0 Å². The van der Waals surface area contributed by atoms with Crippen LogP contribution in [0.2, 0.25) is 5.02 Å². The van der Waals surface area contributed by atoms with Crippen LogP contribution in [0.1, 0.15) is 0 Å². The summed E-state index contributed by atoms with van der Waals surface area (Å²) in [6, 6.07) is 5.52. The van der Waals surface area contributed by atoms with E-state index in [4.69, 9.17) is 17.3 Å². The molecule has 2 aromatic rings. The fourth-order valence-electron chi connectivity index (χ4n) is 1.20. The van der Waals surface area contributed by atoms with Gasteiger partial charge < -0.3 is 11.1 Å². The van der Waals surface area contributed by atoms with Gasteiger partial charge in [-0.1, -0.05) is 11.6 Å². The molecule has 0 aliphatic rings. The maximum Gasteiger partial charge on any atom is 0.230 e. The Bertz CT molecular complexity index is 544. The molecule has 0 amide bonds. The van der Waals surface area contributed by atoms with Crippen molar-refractivity contribution in [2.45, 2.75) is 0 Å². The van der Waals surface area contributed by atoms with E-state index in [1.807, 2.05) is 0 Å². The third kappa shape index (κ3) is 3.04. The summed E-state index contributed by atoms with van der Waals surface area (Å²) < 4.78 is 13.6. The van der Waals surface area contributed by atoms with Gasteiger partial charge in [-0.05, 0) is 34.1 Å². The van der Waals surface area contributed by atoms with Crippen molar-refractivity contribution < 1.29 is 4.39 Å². The van der Waals surface area contributed by atoms with Gasteiger partial charge in [0, 0.05) is 6.07 Å². The Labute approximate surface area is 110 Å². The first kappa shape index (κ1) is 12.1. The minimum atomic E-state index is -0.403. The lowest BCUT2D eigenvalue weighted by atomic mass is 10.3. The normalized spacial score (nSPS) is 10.3. The first-order valence-corrected chi connectivity index (χ1v) is 5.74. The fraction of sp³-hybridized carbons (Fsp3) is 0. The number of nitrogens with two attached hydrogens (primary N) is 1. The first-order valence-electron chi connectivity index (χ1n) is 4.57. The first-order chi connectivity index (χ1) is 8.04. The zero-order valence-electron chi connectivity index (χ0n) is 8.42. The van der Waals surface area contributed by atoms with E-state index in [2.05, 4.69) is 31.2 Å². The molecule has 0 aliphatic heterocycles. The Morgan fingerprint density at radius 2 is 2.06 bits per heavy atom. The molecule has 3 N–H and O–H groups in total. The molecule has 0 atom stereocenters. The third-order valence-corrected chi connectivity index (χ3v) is 2.63. The molecule has 1 heterocycles. The van der Waals surface area contributed by atoms with Gasteiger partial charge in [-0.3, -0.25) is 0 Å². The van der Waals surface area contributed by atoms with Gasteiger partial charge in [0.2, 0.25) is 5.95 Å². The number of halogens is 3. The van der Waals surface area contributed by atoms with Crippen molar-refractivity contribution in [2.75, 3.05) is 11.1 Å². The molecule has 0 radical (unpaired) electrons. The van der Waals surface area contributed by atoms with Crippen LogP contribution >= 0.6 is 27.5 Å². The number of hydrogen-bond acceptors (Lipinski definition) is 4. The molecule has 2 rings (SSSR count). The Morgan fingerprint density at radius 3 is 2.76 bits per heavy atom. The summed E-state index contributed by atoms with van der Waals surface area (Å²) in [4.78, 5) is 7.98. The summed E-state index contributed by atoms with van der Waals surface area (Å²) >= 11 is 9.08.